The number of rotatable bonds is 6. The fourth-order valence-electron chi connectivity index (χ4n) is 8.71. The summed E-state index contributed by atoms with van der Waals surface area (Å²) in [7, 11) is 0. The molecule has 9 aromatic carbocycles. The maximum Gasteiger partial charge on any atom is 0.164 e. The average Bonchev–Trinajstić information content (AvgIpc) is 3.87. The Morgan fingerprint density at radius 3 is 1.60 bits per heavy atom. The molecule has 0 amide bonds. The van der Waals surface area contributed by atoms with Crippen LogP contribution in [0.2, 0.25) is 0 Å². The van der Waals surface area contributed by atoms with Crippen molar-refractivity contribution in [3.05, 3.63) is 206 Å². The second-order valence-electron chi connectivity index (χ2n) is 15.2. The molecule has 0 radical (unpaired) electrons. The molecule has 0 aliphatic heterocycles. The molecule has 4 nitrogen and oxygen atoms in total. The molecule has 0 bridgehead atoms. The van der Waals surface area contributed by atoms with E-state index in [2.05, 4.69) is 193 Å². The minimum absolute atomic E-state index is 0.616. The Hall–Kier alpha value is -7.73. The number of hydrogen-bond acceptors (Lipinski definition) is 4. The number of hydrogen-bond donors (Lipinski definition) is 0. The van der Waals surface area contributed by atoms with Gasteiger partial charge in [0, 0.05) is 53.2 Å². The number of benzene rings is 9. The maximum absolute atomic E-state index is 5.23. The molecular weight excluding hydrogens is 749 g/mol. The summed E-state index contributed by atoms with van der Waals surface area (Å²) in [5.41, 5.74) is 10.7. The van der Waals surface area contributed by atoms with Gasteiger partial charge in [0.15, 0.2) is 17.5 Å². The molecular formula is C55H34N4S. The van der Waals surface area contributed by atoms with Crippen molar-refractivity contribution in [3.8, 4) is 62.1 Å². The summed E-state index contributed by atoms with van der Waals surface area (Å²) < 4.78 is 5.00. The van der Waals surface area contributed by atoms with E-state index >= 15 is 0 Å². The van der Waals surface area contributed by atoms with Crippen LogP contribution in [-0.2, 0) is 0 Å². The van der Waals surface area contributed by atoms with Crippen molar-refractivity contribution in [2.24, 2.45) is 0 Å². The van der Waals surface area contributed by atoms with Crippen LogP contribution in [0.25, 0.3) is 115 Å². The molecule has 3 heterocycles. The highest BCUT2D eigenvalue weighted by molar-refractivity contribution is 7.25. The molecule has 0 aliphatic carbocycles. The lowest BCUT2D eigenvalue weighted by Gasteiger charge is -2.17. The molecule has 0 unspecified atom stereocenters. The summed E-state index contributed by atoms with van der Waals surface area (Å²) in [4.78, 5) is 15.5. The largest absolute Gasteiger partial charge is 0.309 e. The van der Waals surface area contributed by atoms with E-state index in [1.54, 1.807) is 0 Å². The van der Waals surface area contributed by atoms with Crippen molar-refractivity contribution < 1.29 is 0 Å². The Balaban J connectivity index is 1.02. The average molecular weight is 783 g/mol. The van der Waals surface area contributed by atoms with Crippen molar-refractivity contribution >= 4 is 64.1 Å². The van der Waals surface area contributed by atoms with Crippen LogP contribution in [0.4, 0.5) is 0 Å². The van der Waals surface area contributed by atoms with E-state index in [4.69, 9.17) is 15.0 Å². The second kappa shape index (κ2) is 14.0. The van der Waals surface area contributed by atoms with Crippen LogP contribution < -0.4 is 0 Å². The number of aromatic nitrogens is 4. The van der Waals surface area contributed by atoms with Gasteiger partial charge in [0.1, 0.15) is 0 Å². The summed E-state index contributed by atoms with van der Waals surface area (Å²) in [5, 5.41) is 7.45. The van der Waals surface area contributed by atoms with Crippen molar-refractivity contribution in [1.82, 2.24) is 19.5 Å². The first-order valence-corrected chi connectivity index (χ1v) is 21.0. The Morgan fingerprint density at radius 2 is 0.850 bits per heavy atom. The van der Waals surface area contributed by atoms with Gasteiger partial charge in [-0.15, -0.1) is 11.3 Å². The van der Waals surface area contributed by atoms with Gasteiger partial charge in [0.25, 0.3) is 0 Å². The standard InChI is InChI=1S/C55H34N4S/c1-2-13-37(14-3-1)53-56-54(38-25-22-36(23-26-38)40-28-31-47-46-18-8-11-21-51(46)60-52(47)34-40)58-55(57-53)42-29-30-43(41-27-24-35-12-4-5-15-39(35)32-41)50(33-42)59-48-19-9-6-16-44(48)45-17-7-10-20-49(45)59/h1-34H. The summed E-state index contributed by atoms with van der Waals surface area (Å²) >= 11 is 1.84. The number of para-hydroxylation sites is 2. The van der Waals surface area contributed by atoms with Crippen molar-refractivity contribution in [1.29, 1.82) is 0 Å². The molecule has 60 heavy (non-hydrogen) atoms. The van der Waals surface area contributed by atoms with E-state index in [-0.39, 0.29) is 0 Å². The van der Waals surface area contributed by atoms with Crippen molar-refractivity contribution in [2.75, 3.05) is 0 Å². The molecule has 3 aromatic heterocycles. The van der Waals surface area contributed by atoms with Crippen LogP contribution in [-0.4, -0.2) is 19.5 Å². The van der Waals surface area contributed by atoms with Gasteiger partial charge in [0.05, 0.1) is 16.7 Å². The smallest absolute Gasteiger partial charge is 0.164 e. The third-order valence-corrected chi connectivity index (χ3v) is 12.8. The lowest BCUT2D eigenvalue weighted by Crippen LogP contribution is -2.02. The van der Waals surface area contributed by atoms with Crippen LogP contribution in [0.1, 0.15) is 0 Å². The predicted molar refractivity (Wildman–Crippen MR) is 252 cm³/mol. The highest BCUT2D eigenvalue weighted by Crippen LogP contribution is 2.40. The molecule has 12 rings (SSSR count). The summed E-state index contributed by atoms with van der Waals surface area (Å²) in [5.74, 6) is 1.87. The van der Waals surface area contributed by atoms with Gasteiger partial charge in [-0.2, -0.15) is 0 Å². The Morgan fingerprint density at radius 1 is 0.317 bits per heavy atom. The van der Waals surface area contributed by atoms with Crippen LogP contribution in [0.15, 0.2) is 206 Å². The predicted octanol–water partition coefficient (Wildman–Crippen LogP) is 14.8. The molecule has 0 fully saturated rings. The summed E-state index contributed by atoms with van der Waals surface area (Å²) in [6, 6.07) is 73.5. The second-order valence-corrected chi connectivity index (χ2v) is 16.3. The normalized spacial score (nSPS) is 11.7. The van der Waals surface area contributed by atoms with Gasteiger partial charge in [-0.05, 0) is 63.9 Å². The topological polar surface area (TPSA) is 43.6 Å². The van der Waals surface area contributed by atoms with Crippen molar-refractivity contribution in [3.63, 3.8) is 0 Å². The minimum atomic E-state index is 0.616. The van der Waals surface area contributed by atoms with Gasteiger partial charge >= 0.3 is 0 Å². The van der Waals surface area contributed by atoms with E-state index in [1.807, 2.05) is 29.5 Å². The van der Waals surface area contributed by atoms with Gasteiger partial charge < -0.3 is 4.57 Å². The number of nitrogens with zero attached hydrogens (tertiary/aromatic N) is 4. The molecule has 0 aliphatic rings. The minimum Gasteiger partial charge on any atom is -0.309 e. The quantitative estimate of drug-likeness (QED) is 0.169. The molecule has 280 valence electrons. The third kappa shape index (κ3) is 5.78. The van der Waals surface area contributed by atoms with Crippen LogP contribution in [0.3, 0.4) is 0 Å². The molecule has 0 spiro atoms. The van der Waals surface area contributed by atoms with Crippen LogP contribution in [0, 0.1) is 0 Å². The molecule has 0 N–H and O–H groups in total. The Kier molecular flexibility index (Phi) is 8.00. The monoisotopic (exact) mass is 782 g/mol. The molecule has 5 heteroatoms. The van der Waals surface area contributed by atoms with E-state index < -0.39 is 0 Å². The first-order chi connectivity index (χ1) is 29.7. The maximum atomic E-state index is 5.23. The first kappa shape index (κ1) is 34.3. The number of fused-ring (bicyclic) bond motifs is 7. The van der Waals surface area contributed by atoms with E-state index in [0.29, 0.717) is 17.5 Å². The highest BCUT2D eigenvalue weighted by Gasteiger charge is 2.19. The SMILES string of the molecule is c1ccc(-c2nc(-c3ccc(-c4ccc5c(c4)sc4ccccc45)cc3)nc(-c3ccc(-c4ccc5ccccc5c4)c(-n4c5ccccc5c5ccccc54)c3)n2)cc1. The van der Waals surface area contributed by atoms with Crippen LogP contribution in [0.5, 0.6) is 0 Å². The lowest BCUT2D eigenvalue weighted by molar-refractivity contribution is 1.07. The molecule has 0 saturated heterocycles. The van der Waals surface area contributed by atoms with Gasteiger partial charge in [0.2, 0.25) is 0 Å². The Labute approximate surface area is 350 Å². The third-order valence-electron chi connectivity index (χ3n) is 11.7. The van der Waals surface area contributed by atoms with Gasteiger partial charge in [-0.1, -0.05) is 170 Å². The molecule has 0 atom stereocenters. The Bertz CT molecular complexity index is 3550. The number of thiophene rings is 1. The first-order valence-electron chi connectivity index (χ1n) is 20.2. The van der Waals surface area contributed by atoms with E-state index in [9.17, 15) is 0 Å². The van der Waals surface area contributed by atoms with Crippen LogP contribution >= 0.6 is 11.3 Å². The molecule has 0 saturated carbocycles. The fraction of sp³-hybridized carbons (Fsp3) is 0. The fourth-order valence-corrected chi connectivity index (χ4v) is 9.85. The lowest BCUT2D eigenvalue weighted by atomic mass is 9.98. The zero-order valence-electron chi connectivity index (χ0n) is 32.3. The summed E-state index contributed by atoms with van der Waals surface area (Å²) in [6.45, 7) is 0. The zero-order valence-corrected chi connectivity index (χ0v) is 33.1. The highest BCUT2D eigenvalue weighted by atomic mass is 32.1. The van der Waals surface area contributed by atoms with Gasteiger partial charge in [-0.25, -0.2) is 15.0 Å². The summed E-state index contributed by atoms with van der Waals surface area (Å²) in [6.07, 6.45) is 0. The molecule has 12 aromatic rings. The van der Waals surface area contributed by atoms with E-state index in [1.165, 1.54) is 47.3 Å². The zero-order chi connectivity index (χ0) is 39.6. The van der Waals surface area contributed by atoms with Gasteiger partial charge in [-0.3, -0.25) is 0 Å². The van der Waals surface area contributed by atoms with Crippen molar-refractivity contribution in [2.45, 2.75) is 0 Å². The van der Waals surface area contributed by atoms with E-state index in [0.717, 1.165) is 50.1 Å².